The third kappa shape index (κ3) is 3.11. The van der Waals surface area contributed by atoms with Crippen LogP contribution in [0.25, 0.3) is 11.0 Å². The lowest BCUT2D eigenvalue weighted by Crippen LogP contribution is -2.38. The first-order chi connectivity index (χ1) is 13.5. The molecule has 2 heterocycles. The lowest BCUT2D eigenvalue weighted by molar-refractivity contribution is -0.121. The van der Waals surface area contributed by atoms with Crippen molar-refractivity contribution in [2.24, 2.45) is 0 Å². The molecule has 2 aromatic carbocycles. The number of nitrogens with zero attached hydrogens (tertiary/aromatic N) is 1. The average Bonchev–Trinajstić information content (AvgIpc) is 2.67. The van der Waals surface area contributed by atoms with Crippen molar-refractivity contribution in [3.8, 4) is 5.75 Å². The minimum Gasteiger partial charge on any atom is -0.482 e. The Hall–Kier alpha value is -3.61. The van der Waals surface area contributed by atoms with Crippen molar-refractivity contribution in [3.63, 3.8) is 0 Å². The number of amides is 2. The van der Waals surface area contributed by atoms with Gasteiger partial charge in [-0.2, -0.15) is 0 Å². The Bertz CT molecular complexity index is 1170. The van der Waals surface area contributed by atoms with Gasteiger partial charge in [-0.3, -0.25) is 14.4 Å². The molecule has 4 rings (SSSR count). The molecule has 0 radical (unpaired) electrons. The Morgan fingerprint density at radius 3 is 2.75 bits per heavy atom. The van der Waals surface area contributed by atoms with Crippen LogP contribution in [0, 0.1) is 6.92 Å². The van der Waals surface area contributed by atoms with Gasteiger partial charge in [0.15, 0.2) is 17.8 Å². The summed E-state index contributed by atoms with van der Waals surface area (Å²) in [6, 6.07) is 11.4. The molecule has 0 unspecified atom stereocenters. The summed E-state index contributed by atoms with van der Waals surface area (Å²) in [7, 11) is 0. The van der Waals surface area contributed by atoms with Crippen LogP contribution in [0.15, 0.2) is 51.7 Å². The summed E-state index contributed by atoms with van der Waals surface area (Å²) in [6.45, 7) is 4.23. The Morgan fingerprint density at radius 1 is 1.14 bits per heavy atom. The average molecular weight is 378 g/mol. The van der Waals surface area contributed by atoms with Gasteiger partial charge in [-0.15, -0.1) is 0 Å². The molecule has 1 N–H and O–H groups in total. The molecule has 3 aromatic rings. The molecule has 0 spiro atoms. The lowest BCUT2D eigenvalue weighted by atomic mass is 10.1. The van der Waals surface area contributed by atoms with E-state index in [0.717, 1.165) is 5.56 Å². The molecule has 0 atom stereocenters. The predicted octanol–water partition coefficient (Wildman–Crippen LogP) is 3.10. The first kappa shape index (κ1) is 17.8. The highest BCUT2D eigenvalue weighted by molar-refractivity contribution is 6.04. The molecule has 28 heavy (non-hydrogen) atoms. The Kier molecular flexibility index (Phi) is 4.35. The maximum atomic E-state index is 12.6. The van der Waals surface area contributed by atoms with Crippen molar-refractivity contribution in [3.05, 3.63) is 64.0 Å². The van der Waals surface area contributed by atoms with Crippen LogP contribution in [0.4, 0.5) is 11.4 Å². The van der Waals surface area contributed by atoms with Crippen LogP contribution < -0.4 is 20.4 Å². The third-order valence-electron chi connectivity index (χ3n) is 4.58. The molecule has 0 aliphatic carbocycles. The second-order valence-electron chi connectivity index (χ2n) is 6.54. The minimum absolute atomic E-state index is 0.00575. The third-order valence-corrected chi connectivity index (χ3v) is 4.58. The summed E-state index contributed by atoms with van der Waals surface area (Å²) in [5.74, 6) is -0.200. The number of carbonyl (C=O) groups excluding carboxylic acids is 2. The number of likely N-dealkylation sites (N-methyl/N-ethyl adjacent to an activating group) is 1. The van der Waals surface area contributed by atoms with Crippen LogP contribution in [0.1, 0.15) is 23.0 Å². The molecule has 0 saturated heterocycles. The van der Waals surface area contributed by atoms with Crippen LogP contribution in [0.3, 0.4) is 0 Å². The van der Waals surface area contributed by atoms with Gasteiger partial charge in [0, 0.05) is 18.3 Å². The lowest BCUT2D eigenvalue weighted by Gasteiger charge is -2.28. The van der Waals surface area contributed by atoms with Gasteiger partial charge in [-0.25, -0.2) is 0 Å². The summed E-state index contributed by atoms with van der Waals surface area (Å²) in [5.41, 5.74) is 2.05. The second-order valence-corrected chi connectivity index (χ2v) is 6.54. The molecular weight excluding hydrogens is 360 g/mol. The fourth-order valence-corrected chi connectivity index (χ4v) is 3.19. The highest BCUT2D eigenvalue weighted by atomic mass is 16.5. The van der Waals surface area contributed by atoms with E-state index in [-0.39, 0.29) is 23.7 Å². The quantitative estimate of drug-likeness (QED) is 0.757. The molecule has 0 bridgehead atoms. The van der Waals surface area contributed by atoms with Gasteiger partial charge in [0.05, 0.1) is 11.1 Å². The van der Waals surface area contributed by atoms with E-state index < -0.39 is 5.91 Å². The van der Waals surface area contributed by atoms with E-state index in [2.05, 4.69) is 5.32 Å². The van der Waals surface area contributed by atoms with Gasteiger partial charge in [-0.05, 0) is 49.7 Å². The zero-order valence-corrected chi connectivity index (χ0v) is 15.4. The molecule has 7 nitrogen and oxygen atoms in total. The van der Waals surface area contributed by atoms with Crippen LogP contribution in [0.5, 0.6) is 5.75 Å². The van der Waals surface area contributed by atoms with E-state index >= 15 is 0 Å². The largest absolute Gasteiger partial charge is 0.482 e. The number of benzene rings is 2. The molecule has 0 fully saturated rings. The van der Waals surface area contributed by atoms with E-state index in [1.54, 1.807) is 35.2 Å². The molecular formula is C21H18N2O5. The number of rotatable bonds is 3. The highest BCUT2D eigenvalue weighted by Crippen LogP contribution is 2.34. The van der Waals surface area contributed by atoms with Crippen molar-refractivity contribution in [2.45, 2.75) is 13.8 Å². The number of fused-ring (bicyclic) bond motifs is 2. The molecule has 1 aliphatic heterocycles. The first-order valence-electron chi connectivity index (χ1n) is 8.89. The van der Waals surface area contributed by atoms with Crippen molar-refractivity contribution >= 4 is 34.2 Å². The number of hydrogen-bond acceptors (Lipinski definition) is 5. The van der Waals surface area contributed by atoms with Gasteiger partial charge in [0.2, 0.25) is 0 Å². The van der Waals surface area contributed by atoms with Gasteiger partial charge in [0.1, 0.15) is 11.3 Å². The predicted molar refractivity (Wildman–Crippen MR) is 105 cm³/mol. The molecule has 2 amide bonds. The van der Waals surface area contributed by atoms with Crippen molar-refractivity contribution in [1.82, 2.24) is 0 Å². The molecule has 1 aromatic heterocycles. The fraction of sp³-hybridized carbons (Fsp3) is 0.190. The topological polar surface area (TPSA) is 88.9 Å². The molecule has 0 saturated carbocycles. The molecule has 1 aliphatic rings. The summed E-state index contributed by atoms with van der Waals surface area (Å²) >= 11 is 0. The molecule has 142 valence electrons. The molecule has 7 heteroatoms. The zero-order valence-electron chi connectivity index (χ0n) is 15.4. The van der Waals surface area contributed by atoms with E-state index in [4.69, 9.17) is 9.15 Å². The van der Waals surface area contributed by atoms with Gasteiger partial charge >= 0.3 is 0 Å². The number of hydrogen-bond donors (Lipinski definition) is 1. The maximum absolute atomic E-state index is 12.6. The van der Waals surface area contributed by atoms with E-state index in [0.29, 0.717) is 34.6 Å². The second kappa shape index (κ2) is 6.84. The van der Waals surface area contributed by atoms with E-state index in [1.165, 1.54) is 6.07 Å². The Balaban J connectivity index is 1.66. The van der Waals surface area contributed by atoms with Crippen molar-refractivity contribution in [2.75, 3.05) is 23.4 Å². The maximum Gasteiger partial charge on any atom is 0.291 e. The zero-order chi connectivity index (χ0) is 19.8. The minimum atomic E-state index is -0.549. The van der Waals surface area contributed by atoms with Gasteiger partial charge in [0.25, 0.3) is 11.8 Å². The number of carbonyl (C=O) groups is 2. The smallest absolute Gasteiger partial charge is 0.291 e. The van der Waals surface area contributed by atoms with E-state index in [1.807, 2.05) is 19.9 Å². The summed E-state index contributed by atoms with van der Waals surface area (Å²) < 4.78 is 11.1. The summed E-state index contributed by atoms with van der Waals surface area (Å²) in [4.78, 5) is 38.5. The SMILES string of the molecule is CCN1C(=O)COc2ccc(NC(=O)c3cc(=O)c4ccc(C)cc4o3)cc21. The Morgan fingerprint density at radius 2 is 1.96 bits per heavy atom. The Labute approximate surface area is 160 Å². The fourth-order valence-electron chi connectivity index (χ4n) is 3.19. The van der Waals surface area contributed by atoms with Crippen LogP contribution in [-0.2, 0) is 4.79 Å². The summed E-state index contributed by atoms with van der Waals surface area (Å²) in [6.07, 6.45) is 0. The van der Waals surface area contributed by atoms with Crippen molar-refractivity contribution in [1.29, 1.82) is 0 Å². The number of nitrogens with one attached hydrogen (secondary N) is 1. The normalized spacial score (nSPS) is 13.2. The number of ether oxygens (including phenoxy) is 1. The highest BCUT2D eigenvalue weighted by Gasteiger charge is 2.24. The van der Waals surface area contributed by atoms with E-state index in [9.17, 15) is 14.4 Å². The van der Waals surface area contributed by atoms with Gasteiger partial charge < -0.3 is 19.4 Å². The monoisotopic (exact) mass is 378 g/mol. The standard InChI is InChI=1S/C21H18N2O5/c1-3-23-15-9-13(5-7-17(15)27-11-20(23)25)22-21(26)19-10-16(24)14-6-4-12(2)8-18(14)28-19/h4-10H,3,11H2,1-2H3,(H,22,26). The first-order valence-corrected chi connectivity index (χ1v) is 8.89. The number of anilines is 2. The van der Waals surface area contributed by atoms with Crippen LogP contribution >= 0.6 is 0 Å². The number of aryl methyl sites for hydroxylation is 1. The van der Waals surface area contributed by atoms with Crippen LogP contribution in [0.2, 0.25) is 0 Å². The van der Waals surface area contributed by atoms with Crippen LogP contribution in [-0.4, -0.2) is 25.0 Å². The van der Waals surface area contributed by atoms with Gasteiger partial charge in [-0.1, -0.05) is 6.07 Å². The van der Waals surface area contributed by atoms with Crippen molar-refractivity contribution < 1.29 is 18.7 Å². The summed E-state index contributed by atoms with van der Waals surface area (Å²) in [5, 5.41) is 3.13.